The lowest BCUT2D eigenvalue weighted by Crippen LogP contribution is -2.45. The molecule has 0 saturated carbocycles. The molecule has 29 heavy (non-hydrogen) atoms. The smallest absolute Gasteiger partial charge is 0.268 e. The highest BCUT2D eigenvalue weighted by molar-refractivity contribution is 7.90. The molecule has 1 aliphatic heterocycles. The third kappa shape index (κ3) is 3.90. The standard InChI is InChI=1S/C22H27N3O3S/c1-3-23-11-13-24(14-12-23)16-18-17-25(22-10-9-19(28-2)15-21(18)22)29(26,27)20-7-5-4-6-8-20/h4-10,15,17H,3,11-14,16H2,1-2H3. The first-order valence-corrected chi connectivity index (χ1v) is 11.4. The summed E-state index contributed by atoms with van der Waals surface area (Å²) in [5.41, 5.74) is 1.68. The first kappa shape index (κ1) is 19.9. The van der Waals surface area contributed by atoms with Crippen molar-refractivity contribution in [1.29, 1.82) is 0 Å². The maximum Gasteiger partial charge on any atom is 0.268 e. The summed E-state index contributed by atoms with van der Waals surface area (Å²) < 4.78 is 33.4. The largest absolute Gasteiger partial charge is 0.497 e. The van der Waals surface area contributed by atoms with Gasteiger partial charge in [-0.15, -0.1) is 0 Å². The number of hydrogen-bond acceptors (Lipinski definition) is 5. The molecule has 0 spiro atoms. The van der Waals surface area contributed by atoms with Crippen LogP contribution in [0.2, 0.25) is 0 Å². The summed E-state index contributed by atoms with van der Waals surface area (Å²) in [6.07, 6.45) is 1.78. The lowest BCUT2D eigenvalue weighted by Gasteiger charge is -2.33. The Kier molecular flexibility index (Phi) is 5.63. The molecule has 0 amide bonds. The van der Waals surface area contributed by atoms with Crippen molar-refractivity contribution in [2.75, 3.05) is 39.8 Å². The number of hydrogen-bond donors (Lipinski definition) is 0. The van der Waals surface area contributed by atoms with Crippen molar-refractivity contribution < 1.29 is 13.2 Å². The van der Waals surface area contributed by atoms with Crippen LogP contribution in [-0.2, 0) is 16.6 Å². The maximum absolute atomic E-state index is 13.3. The summed E-state index contributed by atoms with van der Waals surface area (Å²) in [6, 6.07) is 14.1. The third-order valence-electron chi connectivity index (χ3n) is 5.67. The van der Waals surface area contributed by atoms with Crippen LogP contribution in [0.5, 0.6) is 5.75 Å². The summed E-state index contributed by atoms with van der Waals surface area (Å²) in [4.78, 5) is 5.11. The van der Waals surface area contributed by atoms with E-state index in [9.17, 15) is 8.42 Å². The van der Waals surface area contributed by atoms with Crippen LogP contribution in [0.1, 0.15) is 12.5 Å². The molecule has 0 radical (unpaired) electrons. The molecule has 6 nitrogen and oxygen atoms in total. The Hall–Kier alpha value is -2.35. The zero-order valence-corrected chi connectivity index (χ0v) is 17.7. The van der Waals surface area contributed by atoms with E-state index in [2.05, 4.69) is 16.7 Å². The average Bonchev–Trinajstić information content (AvgIpc) is 3.13. The molecular formula is C22H27N3O3S. The highest BCUT2D eigenvalue weighted by atomic mass is 32.2. The van der Waals surface area contributed by atoms with Gasteiger partial charge < -0.3 is 9.64 Å². The number of ether oxygens (including phenoxy) is 1. The van der Waals surface area contributed by atoms with Gasteiger partial charge in [0.25, 0.3) is 10.0 Å². The average molecular weight is 414 g/mol. The van der Waals surface area contributed by atoms with E-state index in [0.717, 1.165) is 56.0 Å². The minimum atomic E-state index is -3.67. The second-order valence-electron chi connectivity index (χ2n) is 7.36. The van der Waals surface area contributed by atoms with Gasteiger partial charge in [-0.1, -0.05) is 25.1 Å². The first-order valence-electron chi connectivity index (χ1n) is 9.96. The number of rotatable bonds is 6. The maximum atomic E-state index is 13.3. The lowest BCUT2D eigenvalue weighted by atomic mass is 10.1. The molecule has 0 atom stereocenters. The van der Waals surface area contributed by atoms with Gasteiger partial charge >= 0.3 is 0 Å². The van der Waals surface area contributed by atoms with Crippen molar-refractivity contribution in [3.63, 3.8) is 0 Å². The molecule has 0 N–H and O–H groups in total. The quantitative estimate of drug-likeness (QED) is 0.622. The van der Waals surface area contributed by atoms with E-state index < -0.39 is 10.0 Å². The number of aromatic nitrogens is 1. The number of benzene rings is 2. The van der Waals surface area contributed by atoms with Crippen molar-refractivity contribution in [1.82, 2.24) is 13.8 Å². The van der Waals surface area contributed by atoms with Crippen molar-refractivity contribution in [3.05, 3.63) is 60.3 Å². The summed E-state index contributed by atoms with van der Waals surface area (Å²) in [5, 5.41) is 0.918. The minimum absolute atomic E-state index is 0.288. The third-order valence-corrected chi connectivity index (χ3v) is 7.35. The molecule has 2 aromatic carbocycles. The topological polar surface area (TPSA) is 54.8 Å². The van der Waals surface area contributed by atoms with Gasteiger partial charge in [0.15, 0.2) is 0 Å². The first-order chi connectivity index (χ1) is 14.0. The Labute approximate surface area is 172 Å². The predicted octanol–water partition coefficient (Wildman–Crippen LogP) is 3.02. The lowest BCUT2D eigenvalue weighted by molar-refractivity contribution is 0.132. The molecule has 0 bridgehead atoms. The summed E-state index contributed by atoms with van der Waals surface area (Å²) in [6.45, 7) is 8.02. The Bertz CT molecular complexity index is 1090. The number of fused-ring (bicyclic) bond motifs is 1. The van der Waals surface area contributed by atoms with Crippen LogP contribution in [0.15, 0.2) is 59.6 Å². The minimum Gasteiger partial charge on any atom is -0.497 e. The Morgan fingerprint density at radius 3 is 2.31 bits per heavy atom. The molecule has 0 unspecified atom stereocenters. The van der Waals surface area contributed by atoms with Gasteiger partial charge in [0, 0.05) is 44.3 Å². The SMILES string of the molecule is CCN1CCN(Cc2cn(S(=O)(=O)c3ccccc3)c3ccc(OC)cc23)CC1. The van der Waals surface area contributed by atoms with Crippen molar-refractivity contribution in [2.24, 2.45) is 0 Å². The van der Waals surface area contributed by atoms with Crippen LogP contribution in [0.25, 0.3) is 10.9 Å². The fourth-order valence-corrected chi connectivity index (χ4v) is 5.32. The van der Waals surface area contributed by atoms with E-state index in [1.54, 1.807) is 37.6 Å². The Balaban J connectivity index is 1.75. The van der Waals surface area contributed by atoms with Crippen LogP contribution in [-0.4, -0.2) is 62.0 Å². The van der Waals surface area contributed by atoms with Gasteiger partial charge in [-0.3, -0.25) is 4.90 Å². The Morgan fingerprint density at radius 1 is 0.966 bits per heavy atom. The molecule has 3 aromatic rings. The van der Waals surface area contributed by atoms with Gasteiger partial charge in [0.05, 0.1) is 17.5 Å². The highest BCUT2D eigenvalue weighted by Crippen LogP contribution is 2.30. The van der Waals surface area contributed by atoms with Gasteiger partial charge in [0.2, 0.25) is 0 Å². The monoisotopic (exact) mass is 413 g/mol. The molecule has 2 heterocycles. The van der Waals surface area contributed by atoms with Gasteiger partial charge in [-0.2, -0.15) is 0 Å². The number of likely N-dealkylation sites (N-methyl/N-ethyl adjacent to an activating group) is 1. The van der Waals surface area contributed by atoms with Crippen LogP contribution in [0.3, 0.4) is 0 Å². The summed E-state index contributed by atoms with van der Waals surface area (Å²) >= 11 is 0. The van der Waals surface area contributed by atoms with Crippen LogP contribution >= 0.6 is 0 Å². The fourth-order valence-electron chi connectivity index (χ4n) is 3.91. The second-order valence-corrected chi connectivity index (χ2v) is 9.18. The summed E-state index contributed by atoms with van der Waals surface area (Å²) in [7, 11) is -2.04. The van der Waals surface area contributed by atoms with E-state index in [0.29, 0.717) is 5.52 Å². The van der Waals surface area contributed by atoms with E-state index >= 15 is 0 Å². The molecule has 7 heteroatoms. The predicted molar refractivity (Wildman–Crippen MR) is 115 cm³/mol. The number of methoxy groups -OCH3 is 1. The van der Waals surface area contributed by atoms with Crippen molar-refractivity contribution in [2.45, 2.75) is 18.4 Å². The molecule has 1 aromatic heterocycles. The fraction of sp³-hybridized carbons (Fsp3) is 0.364. The van der Waals surface area contributed by atoms with E-state index in [1.165, 1.54) is 3.97 Å². The zero-order chi connectivity index (χ0) is 20.4. The summed E-state index contributed by atoms with van der Waals surface area (Å²) in [5.74, 6) is 0.726. The molecular weight excluding hydrogens is 386 g/mol. The number of piperazine rings is 1. The van der Waals surface area contributed by atoms with Gasteiger partial charge in [-0.05, 0) is 42.4 Å². The Morgan fingerprint density at radius 2 is 1.66 bits per heavy atom. The van der Waals surface area contributed by atoms with E-state index in [4.69, 9.17) is 4.74 Å². The normalized spacial score (nSPS) is 16.3. The second kappa shape index (κ2) is 8.18. The van der Waals surface area contributed by atoms with E-state index in [-0.39, 0.29) is 4.90 Å². The number of nitrogens with zero attached hydrogens (tertiary/aromatic N) is 3. The molecule has 1 saturated heterocycles. The highest BCUT2D eigenvalue weighted by Gasteiger charge is 2.23. The van der Waals surface area contributed by atoms with Gasteiger partial charge in [0.1, 0.15) is 5.75 Å². The molecule has 4 rings (SSSR count). The van der Waals surface area contributed by atoms with Crippen molar-refractivity contribution >= 4 is 20.9 Å². The molecule has 0 aliphatic carbocycles. The molecule has 154 valence electrons. The molecule has 1 fully saturated rings. The molecule has 1 aliphatic rings. The van der Waals surface area contributed by atoms with Crippen molar-refractivity contribution in [3.8, 4) is 5.75 Å². The zero-order valence-electron chi connectivity index (χ0n) is 16.9. The van der Waals surface area contributed by atoms with Crippen LogP contribution in [0.4, 0.5) is 0 Å². The van der Waals surface area contributed by atoms with Crippen LogP contribution in [0, 0.1) is 0 Å². The van der Waals surface area contributed by atoms with E-state index in [1.807, 2.05) is 24.3 Å². The van der Waals surface area contributed by atoms with Crippen LogP contribution < -0.4 is 4.74 Å². The van der Waals surface area contributed by atoms with Gasteiger partial charge in [-0.25, -0.2) is 12.4 Å².